The second-order valence-electron chi connectivity index (χ2n) is 4.73. The van der Waals surface area contributed by atoms with Crippen molar-refractivity contribution in [3.63, 3.8) is 0 Å². The van der Waals surface area contributed by atoms with Gasteiger partial charge in [0, 0.05) is 24.6 Å². The van der Waals surface area contributed by atoms with Crippen LogP contribution in [0.1, 0.15) is 25.3 Å². The number of pyridine rings is 1. The predicted molar refractivity (Wildman–Crippen MR) is 78.5 cm³/mol. The quantitative estimate of drug-likeness (QED) is 0.914. The molecule has 1 aromatic heterocycles. The highest BCUT2D eigenvalue weighted by Gasteiger charge is 2.13. The summed E-state index contributed by atoms with van der Waals surface area (Å²) in [6.07, 6.45) is 0. The first-order valence-corrected chi connectivity index (χ1v) is 6.35. The molecule has 0 atom stereocenters. The van der Waals surface area contributed by atoms with E-state index in [1.54, 1.807) is 14.2 Å². The van der Waals surface area contributed by atoms with Crippen LogP contribution in [0.3, 0.4) is 0 Å². The van der Waals surface area contributed by atoms with E-state index in [0.29, 0.717) is 5.92 Å². The average molecular weight is 260 g/mol. The van der Waals surface area contributed by atoms with Gasteiger partial charge in [-0.05, 0) is 17.5 Å². The van der Waals surface area contributed by atoms with Crippen molar-refractivity contribution < 1.29 is 9.47 Å². The Labute approximate surface area is 113 Å². The van der Waals surface area contributed by atoms with Gasteiger partial charge in [-0.1, -0.05) is 13.8 Å². The normalized spacial score (nSPS) is 10.8. The number of fused-ring (bicyclic) bond motifs is 1. The van der Waals surface area contributed by atoms with Gasteiger partial charge in [0.05, 0.1) is 19.7 Å². The molecule has 2 rings (SSSR count). The van der Waals surface area contributed by atoms with Gasteiger partial charge in [-0.25, -0.2) is 4.98 Å². The highest BCUT2D eigenvalue weighted by molar-refractivity contribution is 5.89. The van der Waals surface area contributed by atoms with E-state index in [-0.39, 0.29) is 0 Å². The lowest BCUT2D eigenvalue weighted by atomic mass is 10.0. The molecule has 0 unspecified atom stereocenters. The van der Waals surface area contributed by atoms with Crippen molar-refractivity contribution in [3.05, 3.63) is 23.8 Å². The fraction of sp³-hybridized carbons (Fsp3) is 0.400. The SMILES string of the molecule is CNc1nc2cc(OC)cc(OC)c2cc1C(C)C. The molecule has 2 aromatic rings. The van der Waals surface area contributed by atoms with Crippen molar-refractivity contribution in [3.8, 4) is 11.5 Å². The summed E-state index contributed by atoms with van der Waals surface area (Å²) in [5.41, 5.74) is 2.04. The van der Waals surface area contributed by atoms with Crippen molar-refractivity contribution in [2.75, 3.05) is 26.6 Å². The summed E-state index contributed by atoms with van der Waals surface area (Å²) in [5.74, 6) is 2.83. The molecule has 1 N–H and O–H groups in total. The largest absolute Gasteiger partial charge is 0.497 e. The number of aromatic nitrogens is 1. The summed E-state index contributed by atoms with van der Waals surface area (Å²) in [4.78, 5) is 4.66. The lowest BCUT2D eigenvalue weighted by molar-refractivity contribution is 0.398. The number of anilines is 1. The van der Waals surface area contributed by atoms with Crippen molar-refractivity contribution in [2.45, 2.75) is 19.8 Å². The first-order chi connectivity index (χ1) is 9.10. The Morgan fingerprint density at radius 1 is 1.11 bits per heavy atom. The van der Waals surface area contributed by atoms with Gasteiger partial charge in [0.1, 0.15) is 17.3 Å². The number of rotatable bonds is 4. The number of benzene rings is 1. The van der Waals surface area contributed by atoms with E-state index in [1.165, 1.54) is 5.56 Å². The maximum absolute atomic E-state index is 5.44. The van der Waals surface area contributed by atoms with Crippen LogP contribution in [0.5, 0.6) is 11.5 Å². The minimum atomic E-state index is 0.395. The molecule has 102 valence electrons. The molecule has 19 heavy (non-hydrogen) atoms. The summed E-state index contributed by atoms with van der Waals surface area (Å²) < 4.78 is 10.7. The zero-order valence-electron chi connectivity index (χ0n) is 12.1. The molecule has 0 saturated heterocycles. The van der Waals surface area contributed by atoms with Crippen LogP contribution in [0.25, 0.3) is 10.9 Å². The molecule has 0 aliphatic carbocycles. The highest BCUT2D eigenvalue weighted by atomic mass is 16.5. The number of methoxy groups -OCH3 is 2. The van der Waals surface area contributed by atoms with Gasteiger partial charge >= 0.3 is 0 Å². The number of nitrogens with one attached hydrogen (secondary N) is 1. The standard InChI is InChI=1S/C15H20N2O2/c1-9(2)11-8-12-13(17-15(11)16-3)6-10(18-4)7-14(12)19-5/h6-9H,1-5H3,(H,16,17). The first kappa shape index (κ1) is 13.5. The Bertz CT molecular complexity index is 594. The lowest BCUT2D eigenvalue weighted by Crippen LogP contribution is -2.01. The highest BCUT2D eigenvalue weighted by Crippen LogP contribution is 2.34. The van der Waals surface area contributed by atoms with Gasteiger partial charge < -0.3 is 14.8 Å². The molecule has 0 fully saturated rings. The molecule has 4 heteroatoms. The number of ether oxygens (including phenoxy) is 2. The fourth-order valence-corrected chi connectivity index (χ4v) is 2.16. The Balaban J connectivity index is 2.76. The van der Waals surface area contributed by atoms with Crippen molar-refractivity contribution in [1.82, 2.24) is 4.98 Å². The monoisotopic (exact) mass is 260 g/mol. The zero-order valence-corrected chi connectivity index (χ0v) is 12.1. The molecule has 0 saturated carbocycles. The molecule has 0 bridgehead atoms. The fourth-order valence-electron chi connectivity index (χ4n) is 2.16. The van der Waals surface area contributed by atoms with Gasteiger partial charge in [0.25, 0.3) is 0 Å². The van der Waals surface area contributed by atoms with Crippen LogP contribution in [0.15, 0.2) is 18.2 Å². The summed E-state index contributed by atoms with van der Waals surface area (Å²) in [7, 11) is 5.19. The van der Waals surface area contributed by atoms with Crippen LogP contribution in [0.4, 0.5) is 5.82 Å². The van der Waals surface area contributed by atoms with Crippen LogP contribution in [0, 0.1) is 0 Å². The minimum Gasteiger partial charge on any atom is -0.497 e. The summed E-state index contributed by atoms with van der Waals surface area (Å²) in [6.45, 7) is 4.30. The lowest BCUT2D eigenvalue weighted by Gasteiger charge is -2.15. The smallest absolute Gasteiger partial charge is 0.131 e. The van der Waals surface area contributed by atoms with Crippen molar-refractivity contribution in [1.29, 1.82) is 0 Å². The van der Waals surface area contributed by atoms with E-state index < -0.39 is 0 Å². The summed E-state index contributed by atoms with van der Waals surface area (Å²) in [5, 5.41) is 4.16. The Morgan fingerprint density at radius 2 is 1.84 bits per heavy atom. The Hall–Kier alpha value is -1.97. The van der Waals surface area contributed by atoms with E-state index in [1.807, 2.05) is 19.2 Å². The van der Waals surface area contributed by atoms with Gasteiger partial charge in [-0.15, -0.1) is 0 Å². The number of hydrogen-bond donors (Lipinski definition) is 1. The second-order valence-corrected chi connectivity index (χ2v) is 4.73. The predicted octanol–water partition coefficient (Wildman–Crippen LogP) is 3.42. The summed E-state index contributed by atoms with van der Waals surface area (Å²) >= 11 is 0. The number of hydrogen-bond acceptors (Lipinski definition) is 4. The second kappa shape index (κ2) is 5.34. The topological polar surface area (TPSA) is 43.4 Å². The minimum absolute atomic E-state index is 0.395. The van der Waals surface area contributed by atoms with Gasteiger partial charge in [-0.2, -0.15) is 0 Å². The molecular formula is C15H20N2O2. The molecule has 0 radical (unpaired) electrons. The molecule has 0 amide bonds. The van der Waals surface area contributed by atoms with E-state index >= 15 is 0 Å². The molecule has 1 aromatic carbocycles. The van der Waals surface area contributed by atoms with Crippen molar-refractivity contribution in [2.24, 2.45) is 0 Å². The third kappa shape index (κ3) is 2.43. The Kier molecular flexibility index (Phi) is 3.79. The van der Waals surface area contributed by atoms with Gasteiger partial charge in [0.2, 0.25) is 0 Å². The third-order valence-electron chi connectivity index (χ3n) is 3.21. The van der Waals surface area contributed by atoms with E-state index in [4.69, 9.17) is 9.47 Å². The zero-order chi connectivity index (χ0) is 14.0. The maximum atomic E-state index is 5.44. The first-order valence-electron chi connectivity index (χ1n) is 6.35. The molecular weight excluding hydrogens is 240 g/mol. The van der Waals surface area contributed by atoms with E-state index in [9.17, 15) is 0 Å². The molecule has 0 spiro atoms. The Morgan fingerprint density at radius 3 is 2.37 bits per heavy atom. The van der Waals surface area contributed by atoms with Crippen molar-refractivity contribution >= 4 is 16.7 Å². The van der Waals surface area contributed by atoms with Crippen LogP contribution in [-0.4, -0.2) is 26.3 Å². The van der Waals surface area contributed by atoms with Gasteiger partial charge in [-0.3, -0.25) is 0 Å². The van der Waals surface area contributed by atoms with E-state index in [0.717, 1.165) is 28.2 Å². The molecule has 0 aliphatic heterocycles. The van der Waals surface area contributed by atoms with E-state index in [2.05, 4.69) is 30.2 Å². The maximum Gasteiger partial charge on any atom is 0.131 e. The third-order valence-corrected chi connectivity index (χ3v) is 3.21. The van der Waals surface area contributed by atoms with Crippen LogP contribution < -0.4 is 14.8 Å². The molecule has 0 aliphatic rings. The number of nitrogens with zero attached hydrogens (tertiary/aromatic N) is 1. The van der Waals surface area contributed by atoms with Gasteiger partial charge in [0.15, 0.2) is 0 Å². The molecule has 4 nitrogen and oxygen atoms in total. The van der Waals surface area contributed by atoms with Crippen LogP contribution in [0.2, 0.25) is 0 Å². The van der Waals surface area contributed by atoms with Crippen LogP contribution in [-0.2, 0) is 0 Å². The van der Waals surface area contributed by atoms with Crippen LogP contribution >= 0.6 is 0 Å². The summed E-state index contributed by atoms with van der Waals surface area (Å²) in [6, 6.07) is 5.94. The average Bonchev–Trinajstić information content (AvgIpc) is 2.44. The molecule has 1 heterocycles.